The minimum atomic E-state index is -0.640. The fraction of sp³-hybridized carbons (Fsp3) is 0.286. The predicted molar refractivity (Wildman–Crippen MR) is 80.8 cm³/mol. The highest BCUT2D eigenvalue weighted by Gasteiger charge is 2.15. The third-order valence-electron chi connectivity index (χ3n) is 3.07. The monoisotopic (exact) mass is 322 g/mol. The molecule has 2 heterocycles. The molecule has 0 aliphatic rings. The van der Waals surface area contributed by atoms with Crippen LogP contribution in [0.1, 0.15) is 21.7 Å². The van der Waals surface area contributed by atoms with E-state index in [1.165, 1.54) is 18.3 Å². The number of esters is 1. The first-order valence-corrected chi connectivity index (χ1v) is 6.85. The van der Waals surface area contributed by atoms with Gasteiger partial charge in [0, 0.05) is 13.2 Å². The van der Waals surface area contributed by atoms with Crippen molar-refractivity contribution in [1.29, 1.82) is 0 Å². The van der Waals surface area contributed by atoms with Crippen LogP contribution in [0.25, 0.3) is 0 Å². The summed E-state index contributed by atoms with van der Waals surface area (Å²) in [6, 6.07) is 2.95. The highest BCUT2D eigenvalue weighted by Crippen LogP contribution is 2.18. The number of carbonyl (C=O) groups is 2. The Kier molecular flexibility index (Phi) is 4.77. The van der Waals surface area contributed by atoms with E-state index in [1.54, 1.807) is 18.7 Å². The molecule has 0 unspecified atom stereocenters. The van der Waals surface area contributed by atoms with Crippen LogP contribution in [0.3, 0.4) is 0 Å². The van der Waals surface area contributed by atoms with Crippen molar-refractivity contribution in [2.45, 2.75) is 13.8 Å². The summed E-state index contributed by atoms with van der Waals surface area (Å²) in [6.45, 7) is 3.23. The summed E-state index contributed by atoms with van der Waals surface area (Å²) in [5, 5.41) is 7.14. The number of nitrogens with one attached hydrogen (secondary N) is 1. The van der Waals surface area contributed by atoms with Crippen LogP contribution in [0.5, 0.6) is 0 Å². The molecule has 0 aliphatic heterocycles. The zero-order valence-electron chi connectivity index (χ0n) is 12.4. The Morgan fingerprint density at radius 2 is 2.09 bits per heavy atom. The molecule has 2 aromatic heterocycles. The first-order valence-electron chi connectivity index (χ1n) is 6.47. The van der Waals surface area contributed by atoms with E-state index in [0.717, 1.165) is 5.69 Å². The summed E-state index contributed by atoms with van der Waals surface area (Å²) in [4.78, 5) is 27.4. The normalized spacial score (nSPS) is 10.4. The number of anilines is 1. The first kappa shape index (κ1) is 16.0. The van der Waals surface area contributed by atoms with E-state index in [0.29, 0.717) is 11.4 Å². The molecule has 116 valence electrons. The Hall–Kier alpha value is -2.41. The zero-order chi connectivity index (χ0) is 16.3. The van der Waals surface area contributed by atoms with Crippen molar-refractivity contribution in [3.8, 4) is 0 Å². The summed E-state index contributed by atoms with van der Waals surface area (Å²) in [5.74, 6) is -1.08. The Morgan fingerprint density at radius 1 is 1.36 bits per heavy atom. The number of rotatable bonds is 4. The van der Waals surface area contributed by atoms with E-state index in [1.807, 2.05) is 6.92 Å². The van der Waals surface area contributed by atoms with Crippen LogP contribution in [-0.4, -0.2) is 33.2 Å². The number of aromatic nitrogens is 3. The number of aryl methyl sites for hydroxylation is 2. The molecule has 2 rings (SSSR count). The van der Waals surface area contributed by atoms with Crippen molar-refractivity contribution >= 4 is 29.2 Å². The molecule has 0 atom stereocenters. The highest BCUT2D eigenvalue weighted by molar-refractivity contribution is 6.29. The number of ether oxygens (including phenoxy) is 1. The van der Waals surface area contributed by atoms with E-state index in [4.69, 9.17) is 16.3 Å². The number of nitrogens with zero attached hydrogens (tertiary/aromatic N) is 3. The number of pyridine rings is 1. The van der Waals surface area contributed by atoms with Crippen LogP contribution in [0, 0.1) is 13.8 Å². The van der Waals surface area contributed by atoms with Crippen LogP contribution in [0.2, 0.25) is 5.15 Å². The van der Waals surface area contributed by atoms with Gasteiger partial charge in [-0.05, 0) is 26.0 Å². The largest absolute Gasteiger partial charge is 0.452 e. The van der Waals surface area contributed by atoms with Crippen LogP contribution >= 0.6 is 11.6 Å². The number of hydrogen-bond donors (Lipinski definition) is 1. The second-order valence-electron chi connectivity index (χ2n) is 4.66. The van der Waals surface area contributed by atoms with E-state index >= 15 is 0 Å². The maximum atomic E-state index is 11.9. The third kappa shape index (κ3) is 3.62. The molecule has 0 spiro atoms. The molecular weight excluding hydrogens is 308 g/mol. The van der Waals surface area contributed by atoms with E-state index < -0.39 is 18.5 Å². The van der Waals surface area contributed by atoms with Gasteiger partial charge in [-0.15, -0.1) is 0 Å². The van der Waals surface area contributed by atoms with Gasteiger partial charge in [0.15, 0.2) is 6.61 Å². The molecule has 0 fully saturated rings. The van der Waals surface area contributed by atoms with E-state index in [-0.39, 0.29) is 10.7 Å². The molecule has 7 nitrogen and oxygen atoms in total. The van der Waals surface area contributed by atoms with E-state index in [9.17, 15) is 9.59 Å². The SMILES string of the molecule is Cc1nn(C)c(C)c1NC(=O)COC(=O)c1ccc(Cl)nc1. The molecule has 0 saturated carbocycles. The third-order valence-corrected chi connectivity index (χ3v) is 3.29. The van der Waals surface area contributed by atoms with Gasteiger partial charge in [-0.25, -0.2) is 9.78 Å². The maximum Gasteiger partial charge on any atom is 0.340 e. The maximum absolute atomic E-state index is 11.9. The number of amides is 1. The average Bonchev–Trinajstić information content (AvgIpc) is 2.72. The molecular formula is C14H15ClN4O3. The van der Waals surface area contributed by atoms with Gasteiger partial charge in [-0.3, -0.25) is 9.48 Å². The van der Waals surface area contributed by atoms with Crippen molar-refractivity contribution in [3.63, 3.8) is 0 Å². The summed E-state index contributed by atoms with van der Waals surface area (Å²) >= 11 is 5.63. The molecule has 22 heavy (non-hydrogen) atoms. The molecule has 0 bridgehead atoms. The van der Waals surface area contributed by atoms with E-state index in [2.05, 4.69) is 15.4 Å². The molecule has 0 aromatic carbocycles. The fourth-order valence-corrected chi connectivity index (χ4v) is 1.95. The standard InChI is InChI=1S/C14H15ClN4O3/c1-8-13(9(2)19(3)18-8)17-12(20)7-22-14(21)10-4-5-11(15)16-6-10/h4-6H,7H2,1-3H3,(H,17,20). The number of halogens is 1. The molecule has 8 heteroatoms. The minimum Gasteiger partial charge on any atom is -0.452 e. The fourth-order valence-electron chi connectivity index (χ4n) is 1.84. The molecule has 1 amide bonds. The van der Waals surface area contributed by atoms with Gasteiger partial charge >= 0.3 is 5.97 Å². The lowest BCUT2D eigenvalue weighted by atomic mass is 10.3. The Bertz CT molecular complexity index is 710. The Labute approximate surface area is 132 Å². The summed E-state index contributed by atoms with van der Waals surface area (Å²) in [5.41, 5.74) is 2.36. The second-order valence-corrected chi connectivity index (χ2v) is 5.05. The zero-order valence-corrected chi connectivity index (χ0v) is 13.1. The number of carbonyl (C=O) groups excluding carboxylic acids is 2. The lowest BCUT2D eigenvalue weighted by molar-refractivity contribution is -0.119. The Balaban J connectivity index is 1.92. The summed E-state index contributed by atoms with van der Waals surface area (Å²) in [7, 11) is 1.78. The molecule has 2 aromatic rings. The van der Waals surface area contributed by atoms with Crippen molar-refractivity contribution in [1.82, 2.24) is 14.8 Å². The molecule has 1 N–H and O–H groups in total. The van der Waals surface area contributed by atoms with Crippen LogP contribution < -0.4 is 5.32 Å². The Morgan fingerprint density at radius 3 is 2.64 bits per heavy atom. The van der Waals surface area contributed by atoms with Gasteiger partial charge in [-0.1, -0.05) is 11.6 Å². The van der Waals surface area contributed by atoms with Crippen molar-refractivity contribution in [2.24, 2.45) is 7.05 Å². The van der Waals surface area contributed by atoms with Crippen molar-refractivity contribution in [2.75, 3.05) is 11.9 Å². The highest BCUT2D eigenvalue weighted by atomic mass is 35.5. The smallest absolute Gasteiger partial charge is 0.340 e. The second kappa shape index (κ2) is 6.57. The number of hydrogen-bond acceptors (Lipinski definition) is 5. The van der Waals surface area contributed by atoms with Gasteiger partial charge in [-0.2, -0.15) is 5.10 Å². The van der Waals surface area contributed by atoms with Crippen LogP contribution in [-0.2, 0) is 16.6 Å². The van der Waals surface area contributed by atoms with Gasteiger partial charge < -0.3 is 10.1 Å². The van der Waals surface area contributed by atoms with Crippen molar-refractivity contribution in [3.05, 3.63) is 40.4 Å². The molecule has 0 saturated heterocycles. The predicted octanol–water partition coefficient (Wildman–Crippen LogP) is 1.88. The van der Waals surface area contributed by atoms with Crippen LogP contribution in [0.4, 0.5) is 5.69 Å². The quantitative estimate of drug-likeness (QED) is 0.686. The van der Waals surface area contributed by atoms with Gasteiger partial charge in [0.1, 0.15) is 5.15 Å². The lowest BCUT2D eigenvalue weighted by Crippen LogP contribution is -2.21. The topological polar surface area (TPSA) is 86.1 Å². The molecule has 0 radical (unpaired) electrons. The lowest BCUT2D eigenvalue weighted by Gasteiger charge is -2.07. The van der Waals surface area contributed by atoms with Crippen LogP contribution in [0.15, 0.2) is 18.3 Å². The summed E-state index contributed by atoms with van der Waals surface area (Å²) in [6.07, 6.45) is 1.29. The average molecular weight is 323 g/mol. The van der Waals surface area contributed by atoms with Gasteiger partial charge in [0.25, 0.3) is 5.91 Å². The minimum absolute atomic E-state index is 0.228. The van der Waals surface area contributed by atoms with Gasteiger partial charge in [0.05, 0.1) is 22.6 Å². The summed E-state index contributed by atoms with van der Waals surface area (Å²) < 4.78 is 6.59. The first-order chi connectivity index (χ1) is 10.4. The van der Waals surface area contributed by atoms with Gasteiger partial charge in [0.2, 0.25) is 0 Å². The van der Waals surface area contributed by atoms with Crippen molar-refractivity contribution < 1.29 is 14.3 Å². The molecule has 0 aliphatic carbocycles.